The van der Waals surface area contributed by atoms with Gasteiger partial charge in [0, 0.05) is 5.69 Å². The number of aliphatic imine (C=N–C) groups is 1. The minimum absolute atomic E-state index is 0.351. The fourth-order valence-electron chi connectivity index (χ4n) is 2.20. The van der Waals surface area contributed by atoms with Crippen molar-refractivity contribution >= 4 is 17.6 Å². The van der Waals surface area contributed by atoms with Gasteiger partial charge < -0.3 is 15.8 Å². The van der Waals surface area contributed by atoms with Gasteiger partial charge in [-0.1, -0.05) is 38.1 Å². The van der Waals surface area contributed by atoms with Gasteiger partial charge in [0.05, 0.1) is 19.2 Å². The van der Waals surface area contributed by atoms with Crippen LogP contribution in [0.15, 0.2) is 53.5 Å². The highest BCUT2D eigenvalue weighted by Crippen LogP contribution is 2.18. The van der Waals surface area contributed by atoms with Crippen molar-refractivity contribution in [1.29, 1.82) is 0 Å². The molecule has 0 aliphatic heterocycles. The zero-order valence-corrected chi connectivity index (χ0v) is 14.2. The number of methoxy groups -OCH3 is 1. The summed E-state index contributed by atoms with van der Waals surface area (Å²) in [6.45, 7) is 4.73. The van der Waals surface area contributed by atoms with Crippen molar-refractivity contribution in [2.24, 2.45) is 10.7 Å². The molecule has 0 atom stereocenters. The highest BCUT2D eigenvalue weighted by molar-refractivity contribution is 5.92. The Balaban J connectivity index is 1.99. The summed E-state index contributed by atoms with van der Waals surface area (Å²) in [5.74, 6) is 0.461. The molecule has 2 aromatic carbocycles. The number of carbonyl (C=O) groups excluding carboxylic acids is 1. The average molecular weight is 325 g/mol. The zero-order valence-electron chi connectivity index (χ0n) is 14.2. The molecule has 0 amide bonds. The maximum Gasteiger partial charge on any atom is 0.337 e. The van der Waals surface area contributed by atoms with Gasteiger partial charge in [-0.15, -0.1) is 0 Å². The largest absolute Gasteiger partial charge is 0.465 e. The first-order chi connectivity index (χ1) is 11.5. The van der Waals surface area contributed by atoms with E-state index in [1.807, 2.05) is 24.3 Å². The minimum Gasteiger partial charge on any atom is -0.465 e. The molecule has 3 N–H and O–H groups in total. The first-order valence-electron chi connectivity index (χ1n) is 7.83. The van der Waals surface area contributed by atoms with Crippen LogP contribution >= 0.6 is 0 Å². The smallest absolute Gasteiger partial charge is 0.337 e. The van der Waals surface area contributed by atoms with Crippen molar-refractivity contribution in [2.45, 2.75) is 26.3 Å². The van der Waals surface area contributed by atoms with E-state index in [1.54, 1.807) is 12.1 Å². The molecule has 126 valence electrons. The molecule has 0 aromatic heterocycles. The first-order valence-corrected chi connectivity index (χ1v) is 7.83. The summed E-state index contributed by atoms with van der Waals surface area (Å²) >= 11 is 0. The van der Waals surface area contributed by atoms with Crippen LogP contribution in [0.4, 0.5) is 5.69 Å². The first kappa shape index (κ1) is 17.5. The summed E-state index contributed by atoms with van der Waals surface area (Å²) in [7, 11) is 1.36. The molecule has 0 spiro atoms. The third kappa shape index (κ3) is 4.84. The summed E-state index contributed by atoms with van der Waals surface area (Å²) in [5.41, 5.74) is 9.58. The van der Waals surface area contributed by atoms with Crippen molar-refractivity contribution in [2.75, 3.05) is 12.4 Å². The second-order valence-corrected chi connectivity index (χ2v) is 5.80. The average Bonchev–Trinajstić information content (AvgIpc) is 2.60. The Kier molecular flexibility index (Phi) is 5.95. The molecule has 5 heteroatoms. The number of nitrogens with one attached hydrogen (secondary N) is 1. The highest BCUT2D eigenvalue weighted by atomic mass is 16.5. The minimum atomic E-state index is -0.351. The Bertz CT molecular complexity index is 722. The van der Waals surface area contributed by atoms with Crippen LogP contribution in [0.1, 0.15) is 41.3 Å². The van der Waals surface area contributed by atoms with Gasteiger partial charge in [0.1, 0.15) is 0 Å². The molecule has 0 aliphatic rings. The molecule has 0 saturated carbocycles. The van der Waals surface area contributed by atoms with Gasteiger partial charge in [-0.25, -0.2) is 9.79 Å². The molecule has 5 nitrogen and oxygen atoms in total. The Morgan fingerprint density at radius 2 is 1.92 bits per heavy atom. The molecular weight excluding hydrogens is 302 g/mol. The topological polar surface area (TPSA) is 76.7 Å². The Morgan fingerprint density at radius 3 is 2.54 bits per heavy atom. The molecule has 24 heavy (non-hydrogen) atoms. The third-order valence-electron chi connectivity index (χ3n) is 3.63. The molecule has 0 unspecified atom stereocenters. The molecule has 2 rings (SSSR count). The summed E-state index contributed by atoms with van der Waals surface area (Å²) in [6.07, 6.45) is 0. The quantitative estimate of drug-likeness (QED) is 0.501. The van der Waals surface area contributed by atoms with Gasteiger partial charge >= 0.3 is 5.97 Å². The maximum atomic E-state index is 11.4. The van der Waals surface area contributed by atoms with Gasteiger partial charge in [0.15, 0.2) is 5.96 Å². The standard InChI is InChI=1S/C19H23N3O2/c1-13(2)16-5-4-6-17(11-16)22-19(20)21-12-14-7-9-15(10-8-14)18(23)24-3/h4-11,13H,12H2,1-3H3,(H3,20,21,22). The van der Waals surface area contributed by atoms with Crippen LogP contribution in [0, 0.1) is 0 Å². The highest BCUT2D eigenvalue weighted by Gasteiger charge is 2.04. The van der Waals surface area contributed by atoms with E-state index in [1.165, 1.54) is 12.7 Å². The molecule has 0 fully saturated rings. The van der Waals surface area contributed by atoms with Crippen molar-refractivity contribution in [3.63, 3.8) is 0 Å². The van der Waals surface area contributed by atoms with E-state index in [0.29, 0.717) is 24.0 Å². The van der Waals surface area contributed by atoms with E-state index < -0.39 is 0 Å². The van der Waals surface area contributed by atoms with E-state index in [2.05, 4.69) is 41.0 Å². The number of nitrogens with zero attached hydrogens (tertiary/aromatic N) is 1. The summed E-state index contributed by atoms with van der Waals surface area (Å²) in [4.78, 5) is 15.7. The number of rotatable bonds is 5. The van der Waals surface area contributed by atoms with Crippen LogP contribution in [0.2, 0.25) is 0 Å². The van der Waals surface area contributed by atoms with E-state index in [9.17, 15) is 4.79 Å². The Hall–Kier alpha value is -2.82. The van der Waals surface area contributed by atoms with Crippen molar-refractivity contribution in [3.05, 3.63) is 65.2 Å². The van der Waals surface area contributed by atoms with Crippen LogP contribution in [0.5, 0.6) is 0 Å². The van der Waals surface area contributed by atoms with Crippen molar-refractivity contribution < 1.29 is 9.53 Å². The van der Waals surface area contributed by atoms with Gasteiger partial charge in [-0.2, -0.15) is 0 Å². The van der Waals surface area contributed by atoms with Gasteiger partial charge in [0.25, 0.3) is 0 Å². The number of guanidine groups is 1. The summed E-state index contributed by atoms with van der Waals surface area (Å²) in [6, 6.07) is 15.2. The lowest BCUT2D eigenvalue weighted by atomic mass is 10.0. The van der Waals surface area contributed by atoms with Crippen LogP contribution in [0.3, 0.4) is 0 Å². The summed E-state index contributed by atoms with van der Waals surface area (Å²) in [5, 5.41) is 3.10. The Morgan fingerprint density at radius 1 is 1.21 bits per heavy atom. The van der Waals surface area contributed by atoms with Crippen LogP contribution in [0.25, 0.3) is 0 Å². The molecule has 0 heterocycles. The van der Waals surface area contributed by atoms with Gasteiger partial charge in [-0.05, 0) is 41.3 Å². The number of esters is 1. The van der Waals surface area contributed by atoms with Crippen LogP contribution in [-0.4, -0.2) is 19.0 Å². The van der Waals surface area contributed by atoms with E-state index in [0.717, 1.165) is 11.3 Å². The van der Waals surface area contributed by atoms with Gasteiger partial charge in [0.2, 0.25) is 0 Å². The molecule has 0 radical (unpaired) electrons. The number of nitrogens with two attached hydrogens (primary N) is 1. The maximum absolute atomic E-state index is 11.4. The number of benzene rings is 2. The van der Waals surface area contributed by atoms with Crippen LogP contribution in [-0.2, 0) is 11.3 Å². The van der Waals surface area contributed by atoms with Crippen LogP contribution < -0.4 is 11.1 Å². The number of carbonyl (C=O) groups is 1. The van der Waals surface area contributed by atoms with E-state index in [4.69, 9.17) is 5.73 Å². The number of ether oxygens (including phenoxy) is 1. The number of hydrogen-bond acceptors (Lipinski definition) is 3. The second kappa shape index (κ2) is 8.15. The zero-order chi connectivity index (χ0) is 17.5. The molecule has 0 aliphatic carbocycles. The number of anilines is 1. The lowest BCUT2D eigenvalue weighted by Crippen LogP contribution is -2.22. The SMILES string of the molecule is COC(=O)c1ccc(CN=C(N)Nc2cccc(C(C)C)c2)cc1. The monoisotopic (exact) mass is 325 g/mol. The number of hydrogen-bond donors (Lipinski definition) is 2. The normalized spacial score (nSPS) is 11.4. The van der Waals surface area contributed by atoms with Crippen molar-refractivity contribution in [3.8, 4) is 0 Å². The molecule has 0 bridgehead atoms. The lowest BCUT2D eigenvalue weighted by molar-refractivity contribution is 0.0600. The van der Waals surface area contributed by atoms with Crippen molar-refractivity contribution in [1.82, 2.24) is 0 Å². The lowest BCUT2D eigenvalue weighted by Gasteiger charge is -2.10. The molecule has 0 saturated heterocycles. The van der Waals surface area contributed by atoms with E-state index >= 15 is 0 Å². The fraction of sp³-hybridized carbons (Fsp3) is 0.263. The molecule has 2 aromatic rings. The second-order valence-electron chi connectivity index (χ2n) is 5.80. The predicted molar refractivity (Wildman–Crippen MR) is 97.3 cm³/mol. The predicted octanol–water partition coefficient (Wildman–Crippen LogP) is 3.52. The van der Waals surface area contributed by atoms with E-state index in [-0.39, 0.29) is 5.97 Å². The molecular formula is C19H23N3O2. The summed E-state index contributed by atoms with van der Waals surface area (Å²) < 4.78 is 4.67. The fourth-order valence-corrected chi connectivity index (χ4v) is 2.20. The van der Waals surface area contributed by atoms with Gasteiger partial charge in [-0.3, -0.25) is 0 Å². The third-order valence-corrected chi connectivity index (χ3v) is 3.63. The Labute approximate surface area is 142 Å².